The van der Waals surface area contributed by atoms with Crippen molar-refractivity contribution in [2.45, 2.75) is 4.90 Å². The summed E-state index contributed by atoms with van der Waals surface area (Å²) >= 11 is 9.10. The second-order valence-electron chi connectivity index (χ2n) is 3.69. The van der Waals surface area contributed by atoms with Gasteiger partial charge in [0.15, 0.2) is 0 Å². The molecule has 0 amide bonds. The topological polar surface area (TPSA) is 67.4 Å². The Hall–Kier alpha value is 0.110. The third-order valence-corrected chi connectivity index (χ3v) is 5.18. The van der Waals surface area contributed by atoms with E-state index in [0.29, 0.717) is 24.2 Å². The van der Waals surface area contributed by atoms with Crippen molar-refractivity contribution < 1.29 is 13.2 Å². The molecule has 0 heterocycles. The van der Waals surface area contributed by atoms with Gasteiger partial charge >= 0.3 is 0 Å². The summed E-state index contributed by atoms with van der Waals surface area (Å²) in [5.74, 6) is 0. The Labute approximate surface area is 139 Å². The lowest BCUT2D eigenvalue weighted by Crippen LogP contribution is -2.33. The summed E-state index contributed by atoms with van der Waals surface area (Å²) in [4.78, 5) is 0.0635. The Kier molecular flexibility index (Phi) is 10.00. The lowest BCUT2D eigenvalue weighted by Gasteiger charge is -2.10. The van der Waals surface area contributed by atoms with Gasteiger partial charge in [0.2, 0.25) is 10.0 Å². The van der Waals surface area contributed by atoms with Gasteiger partial charge in [-0.3, -0.25) is 0 Å². The molecule has 0 unspecified atom stereocenters. The van der Waals surface area contributed by atoms with E-state index in [9.17, 15) is 8.42 Å². The predicted octanol–water partition coefficient (Wildman–Crippen LogP) is 2.04. The van der Waals surface area contributed by atoms with Gasteiger partial charge in [-0.15, -0.1) is 12.4 Å². The minimum absolute atomic E-state index is 0. The lowest BCUT2D eigenvalue weighted by atomic mass is 10.4. The van der Waals surface area contributed by atoms with Crippen molar-refractivity contribution in [3.05, 3.63) is 27.7 Å². The van der Waals surface area contributed by atoms with E-state index in [-0.39, 0.29) is 28.9 Å². The first-order chi connectivity index (χ1) is 8.99. The van der Waals surface area contributed by atoms with Gasteiger partial charge in [0, 0.05) is 31.2 Å². The lowest BCUT2D eigenvalue weighted by molar-refractivity contribution is 0.199. The second kappa shape index (κ2) is 9.94. The molecule has 9 heteroatoms. The van der Waals surface area contributed by atoms with Crippen molar-refractivity contribution in [3.63, 3.8) is 0 Å². The smallest absolute Gasteiger partial charge is 0.243 e. The standard InChI is InChI=1S/C11H16BrClN2O3S.ClH/c1-18-8-7-14-5-6-15-19(16,17)11-9(12)3-2-4-10(11)13;/h2-4,14-15H,5-8H2,1H3;1H. The molecular weight excluding hydrogens is 391 g/mol. The summed E-state index contributed by atoms with van der Waals surface area (Å²) in [6, 6.07) is 4.85. The molecule has 0 aromatic heterocycles. The van der Waals surface area contributed by atoms with Crippen LogP contribution in [-0.2, 0) is 14.8 Å². The Morgan fingerprint density at radius 1 is 1.30 bits per heavy atom. The molecule has 0 aliphatic heterocycles. The molecule has 0 saturated heterocycles. The molecule has 0 aliphatic carbocycles. The zero-order valence-corrected chi connectivity index (χ0v) is 14.8. The summed E-state index contributed by atoms with van der Waals surface area (Å²) in [6.45, 7) is 2.06. The Morgan fingerprint density at radius 2 is 2.00 bits per heavy atom. The third kappa shape index (κ3) is 6.26. The number of benzene rings is 1. The van der Waals surface area contributed by atoms with E-state index >= 15 is 0 Å². The van der Waals surface area contributed by atoms with E-state index in [1.54, 1.807) is 19.2 Å². The Bertz CT molecular complexity index is 494. The number of sulfonamides is 1. The molecule has 2 N–H and O–H groups in total. The summed E-state index contributed by atoms with van der Waals surface area (Å²) < 4.78 is 32.0. The van der Waals surface area contributed by atoms with E-state index in [0.717, 1.165) is 0 Å². The van der Waals surface area contributed by atoms with Gasteiger partial charge in [-0.05, 0) is 28.1 Å². The van der Waals surface area contributed by atoms with Crippen molar-refractivity contribution >= 4 is 50.0 Å². The van der Waals surface area contributed by atoms with Crippen LogP contribution in [0.2, 0.25) is 5.02 Å². The molecule has 116 valence electrons. The fourth-order valence-corrected chi connectivity index (χ4v) is 4.15. The maximum atomic E-state index is 12.1. The predicted molar refractivity (Wildman–Crippen MR) is 86.3 cm³/mol. The van der Waals surface area contributed by atoms with E-state index < -0.39 is 10.0 Å². The van der Waals surface area contributed by atoms with Crippen LogP contribution in [0.25, 0.3) is 0 Å². The number of ether oxygens (including phenoxy) is 1. The average molecular weight is 408 g/mol. The van der Waals surface area contributed by atoms with Crippen molar-refractivity contribution in [2.75, 3.05) is 33.4 Å². The number of methoxy groups -OCH3 is 1. The monoisotopic (exact) mass is 406 g/mol. The van der Waals surface area contributed by atoms with Crippen molar-refractivity contribution in [1.82, 2.24) is 10.0 Å². The minimum atomic E-state index is -3.61. The first-order valence-corrected chi connectivity index (χ1v) is 8.28. The third-order valence-electron chi connectivity index (χ3n) is 2.26. The highest BCUT2D eigenvalue weighted by molar-refractivity contribution is 9.10. The Balaban J connectivity index is 0.00000361. The van der Waals surface area contributed by atoms with Crippen LogP contribution in [0.1, 0.15) is 0 Å². The molecule has 0 bridgehead atoms. The van der Waals surface area contributed by atoms with Gasteiger partial charge in [-0.2, -0.15) is 0 Å². The van der Waals surface area contributed by atoms with Crippen LogP contribution in [0.15, 0.2) is 27.6 Å². The molecule has 0 fully saturated rings. The summed E-state index contributed by atoms with van der Waals surface area (Å²) in [5, 5.41) is 3.23. The molecule has 0 spiro atoms. The number of halogens is 3. The molecular formula is C11H17BrCl2N2O3S. The number of nitrogens with one attached hydrogen (secondary N) is 2. The zero-order chi connectivity index (χ0) is 14.3. The van der Waals surface area contributed by atoms with Crippen LogP contribution in [0.4, 0.5) is 0 Å². The molecule has 0 radical (unpaired) electrons. The average Bonchev–Trinajstić information content (AvgIpc) is 2.33. The van der Waals surface area contributed by atoms with Crippen LogP contribution >= 0.6 is 39.9 Å². The zero-order valence-electron chi connectivity index (χ0n) is 10.9. The van der Waals surface area contributed by atoms with Gasteiger partial charge in [0.25, 0.3) is 0 Å². The highest BCUT2D eigenvalue weighted by Crippen LogP contribution is 2.28. The number of hydrogen-bond donors (Lipinski definition) is 2. The number of rotatable bonds is 8. The second-order valence-corrected chi connectivity index (χ2v) is 6.66. The van der Waals surface area contributed by atoms with Crippen LogP contribution in [0.3, 0.4) is 0 Å². The summed E-state index contributed by atoms with van der Waals surface area (Å²) in [7, 11) is -2.00. The van der Waals surface area contributed by atoms with Crippen LogP contribution < -0.4 is 10.0 Å². The molecule has 20 heavy (non-hydrogen) atoms. The van der Waals surface area contributed by atoms with Crippen LogP contribution in [-0.4, -0.2) is 41.8 Å². The van der Waals surface area contributed by atoms with Gasteiger partial charge in [-0.1, -0.05) is 17.7 Å². The fraction of sp³-hybridized carbons (Fsp3) is 0.455. The van der Waals surface area contributed by atoms with E-state index in [4.69, 9.17) is 16.3 Å². The highest BCUT2D eigenvalue weighted by Gasteiger charge is 2.20. The maximum Gasteiger partial charge on any atom is 0.243 e. The van der Waals surface area contributed by atoms with E-state index in [2.05, 4.69) is 26.0 Å². The largest absolute Gasteiger partial charge is 0.383 e. The van der Waals surface area contributed by atoms with Gasteiger partial charge in [-0.25, -0.2) is 13.1 Å². The van der Waals surface area contributed by atoms with Gasteiger partial charge < -0.3 is 10.1 Å². The van der Waals surface area contributed by atoms with Crippen molar-refractivity contribution in [1.29, 1.82) is 0 Å². The van der Waals surface area contributed by atoms with Gasteiger partial charge in [0.1, 0.15) is 4.90 Å². The fourth-order valence-electron chi connectivity index (χ4n) is 1.38. The SMILES string of the molecule is COCCNCCNS(=O)(=O)c1c(Cl)cccc1Br.Cl. The van der Waals surface area contributed by atoms with Crippen LogP contribution in [0, 0.1) is 0 Å². The quantitative estimate of drug-likeness (QED) is 0.647. The highest BCUT2D eigenvalue weighted by atomic mass is 79.9. The maximum absolute atomic E-state index is 12.1. The molecule has 0 saturated carbocycles. The van der Waals surface area contributed by atoms with Crippen molar-refractivity contribution in [2.24, 2.45) is 0 Å². The summed E-state index contributed by atoms with van der Waals surface area (Å²) in [5.41, 5.74) is 0. The molecule has 1 aromatic rings. The summed E-state index contributed by atoms with van der Waals surface area (Å²) in [6.07, 6.45) is 0. The van der Waals surface area contributed by atoms with Crippen molar-refractivity contribution in [3.8, 4) is 0 Å². The molecule has 1 rings (SSSR count). The molecule has 5 nitrogen and oxygen atoms in total. The van der Waals surface area contributed by atoms with Crippen LogP contribution in [0.5, 0.6) is 0 Å². The number of hydrogen-bond acceptors (Lipinski definition) is 4. The minimum Gasteiger partial charge on any atom is -0.383 e. The molecule has 0 atom stereocenters. The van der Waals surface area contributed by atoms with E-state index in [1.165, 1.54) is 6.07 Å². The van der Waals surface area contributed by atoms with Gasteiger partial charge in [0.05, 0.1) is 11.6 Å². The molecule has 1 aromatic carbocycles. The molecule has 0 aliphatic rings. The Morgan fingerprint density at radius 3 is 2.60 bits per heavy atom. The normalized spacial score (nSPS) is 11.2. The first kappa shape index (κ1) is 20.1. The first-order valence-electron chi connectivity index (χ1n) is 5.62. The van der Waals surface area contributed by atoms with E-state index in [1.807, 2.05) is 0 Å².